The monoisotopic (exact) mass is 443 g/mol. The molecule has 3 aromatic rings. The molecule has 0 bridgehead atoms. The second-order valence-corrected chi connectivity index (χ2v) is 8.45. The zero-order valence-electron chi connectivity index (χ0n) is 19.1. The number of hydrogen-bond donors (Lipinski definition) is 1. The highest BCUT2D eigenvalue weighted by Crippen LogP contribution is 2.25. The number of hydrogen-bond acceptors (Lipinski definition) is 4. The Morgan fingerprint density at radius 2 is 1.27 bits per heavy atom. The molecule has 0 aliphatic carbocycles. The van der Waals surface area contributed by atoms with Gasteiger partial charge in [-0.15, -0.1) is 0 Å². The summed E-state index contributed by atoms with van der Waals surface area (Å²) in [6.45, 7) is 6.32. The maximum absolute atomic E-state index is 12.3. The Morgan fingerprint density at radius 3 is 1.85 bits per heavy atom. The van der Waals surface area contributed by atoms with Crippen LogP contribution in [0.15, 0.2) is 91.0 Å². The van der Waals surface area contributed by atoms with E-state index in [1.807, 2.05) is 42.5 Å². The maximum atomic E-state index is 12.3. The minimum atomic E-state index is -0.0537. The van der Waals surface area contributed by atoms with Crippen molar-refractivity contribution in [1.82, 2.24) is 15.1 Å². The summed E-state index contributed by atoms with van der Waals surface area (Å²) in [6, 6.07) is 30.8. The molecule has 1 aliphatic heterocycles. The Hall–Kier alpha value is -2.99. The number of carbonyl (C=O) groups is 1. The molecule has 0 atom stereocenters. The summed E-state index contributed by atoms with van der Waals surface area (Å²) >= 11 is 0. The SMILES string of the molecule is O=C(CN1CCN(CCOC(c2ccccc2)c2ccccc2)CC1)NCc1ccccc1. The van der Waals surface area contributed by atoms with E-state index >= 15 is 0 Å². The smallest absolute Gasteiger partial charge is 0.234 e. The summed E-state index contributed by atoms with van der Waals surface area (Å²) in [5, 5.41) is 3.02. The first-order chi connectivity index (χ1) is 16.3. The Kier molecular flexibility index (Phi) is 8.64. The Labute approximate surface area is 197 Å². The molecule has 3 aromatic carbocycles. The van der Waals surface area contributed by atoms with Crippen molar-refractivity contribution in [3.8, 4) is 0 Å². The van der Waals surface area contributed by atoms with E-state index < -0.39 is 0 Å². The molecule has 1 aliphatic rings. The molecule has 1 N–H and O–H groups in total. The Bertz CT molecular complexity index is 919. The van der Waals surface area contributed by atoms with Gasteiger partial charge in [-0.3, -0.25) is 14.6 Å². The Balaban J connectivity index is 1.18. The van der Waals surface area contributed by atoms with Gasteiger partial charge in [-0.05, 0) is 16.7 Å². The van der Waals surface area contributed by atoms with Gasteiger partial charge in [0.25, 0.3) is 0 Å². The molecule has 172 valence electrons. The van der Waals surface area contributed by atoms with Crippen LogP contribution in [0.25, 0.3) is 0 Å². The van der Waals surface area contributed by atoms with Gasteiger partial charge >= 0.3 is 0 Å². The normalized spacial score (nSPS) is 14.9. The summed E-state index contributed by atoms with van der Waals surface area (Å²) in [7, 11) is 0. The van der Waals surface area contributed by atoms with Crippen LogP contribution < -0.4 is 5.32 Å². The van der Waals surface area contributed by atoms with Gasteiger partial charge in [0, 0.05) is 39.3 Å². The summed E-state index contributed by atoms with van der Waals surface area (Å²) in [5.74, 6) is 0.0872. The third-order valence-corrected chi connectivity index (χ3v) is 6.06. The van der Waals surface area contributed by atoms with E-state index in [9.17, 15) is 4.79 Å². The number of ether oxygens (including phenoxy) is 1. The fourth-order valence-electron chi connectivity index (χ4n) is 4.17. The lowest BCUT2D eigenvalue weighted by atomic mass is 10.0. The lowest BCUT2D eigenvalue weighted by Gasteiger charge is -2.34. The predicted molar refractivity (Wildman–Crippen MR) is 132 cm³/mol. The Morgan fingerprint density at radius 1 is 0.758 bits per heavy atom. The molecule has 0 saturated carbocycles. The molecule has 1 fully saturated rings. The number of amides is 1. The molecular formula is C28H33N3O2. The number of carbonyl (C=O) groups excluding carboxylic acids is 1. The second-order valence-electron chi connectivity index (χ2n) is 8.45. The van der Waals surface area contributed by atoms with Crippen LogP contribution in [0.4, 0.5) is 0 Å². The van der Waals surface area contributed by atoms with Gasteiger partial charge in [-0.1, -0.05) is 91.0 Å². The summed E-state index contributed by atoms with van der Waals surface area (Å²) in [4.78, 5) is 16.9. The van der Waals surface area contributed by atoms with Crippen molar-refractivity contribution in [3.05, 3.63) is 108 Å². The van der Waals surface area contributed by atoms with Crippen LogP contribution in [0.3, 0.4) is 0 Å². The standard InChI is InChI=1S/C28H33N3O2/c32-27(29-22-24-10-4-1-5-11-24)23-31-18-16-30(17-19-31)20-21-33-28(25-12-6-2-7-13-25)26-14-8-3-9-15-26/h1-15,28H,16-23H2,(H,29,32). The predicted octanol–water partition coefficient (Wildman–Crippen LogP) is 3.73. The molecule has 5 heteroatoms. The zero-order valence-corrected chi connectivity index (χ0v) is 19.1. The van der Waals surface area contributed by atoms with Crippen LogP contribution in [0.1, 0.15) is 22.8 Å². The molecule has 0 spiro atoms. The van der Waals surface area contributed by atoms with Crippen molar-refractivity contribution in [2.45, 2.75) is 12.6 Å². The highest BCUT2D eigenvalue weighted by molar-refractivity contribution is 5.78. The van der Waals surface area contributed by atoms with Gasteiger partial charge in [-0.2, -0.15) is 0 Å². The van der Waals surface area contributed by atoms with Gasteiger partial charge in [0.05, 0.1) is 13.2 Å². The van der Waals surface area contributed by atoms with Gasteiger partial charge in [0.15, 0.2) is 0 Å². The molecule has 4 rings (SSSR count). The van der Waals surface area contributed by atoms with E-state index in [1.54, 1.807) is 0 Å². The molecule has 0 radical (unpaired) electrons. The van der Waals surface area contributed by atoms with Crippen molar-refractivity contribution in [2.24, 2.45) is 0 Å². The van der Waals surface area contributed by atoms with Crippen molar-refractivity contribution in [1.29, 1.82) is 0 Å². The first-order valence-corrected chi connectivity index (χ1v) is 11.7. The summed E-state index contributed by atoms with van der Waals surface area (Å²) in [6.07, 6.45) is -0.0537. The van der Waals surface area contributed by atoms with Crippen molar-refractivity contribution in [3.63, 3.8) is 0 Å². The quantitative estimate of drug-likeness (QED) is 0.519. The highest BCUT2D eigenvalue weighted by Gasteiger charge is 2.20. The van der Waals surface area contributed by atoms with Gasteiger partial charge in [0.1, 0.15) is 6.10 Å². The molecule has 1 saturated heterocycles. The molecule has 0 aromatic heterocycles. The number of rotatable bonds is 10. The average Bonchev–Trinajstić information content (AvgIpc) is 2.88. The fourth-order valence-corrected chi connectivity index (χ4v) is 4.17. The average molecular weight is 444 g/mol. The maximum Gasteiger partial charge on any atom is 0.234 e. The highest BCUT2D eigenvalue weighted by atomic mass is 16.5. The first-order valence-electron chi connectivity index (χ1n) is 11.7. The molecule has 33 heavy (non-hydrogen) atoms. The minimum Gasteiger partial charge on any atom is -0.367 e. The molecule has 0 unspecified atom stereocenters. The van der Waals surface area contributed by atoms with Crippen LogP contribution in [-0.2, 0) is 16.1 Å². The van der Waals surface area contributed by atoms with Crippen molar-refractivity contribution >= 4 is 5.91 Å². The molecular weight excluding hydrogens is 410 g/mol. The molecule has 1 heterocycles. The van der Waals surface area contributed by atoms with E-state index in [0.717, 1.165) is 38.3 Å². The third kappa shape index (κ3) is 7.26. The minimum absolute atomic E-state index is 0.0537. The van der Waals surface area contributed by atoms with Gasteiger partial charge in [0.2, 0.25) is 5.91 Å². The van der Waals surface area contributed by atoms with E-state index in [1.165, 1.54) is 11.1 Å². The lowest BCUT2D eigenvalue weighted by Crippen LogP contribution is -2.50. The third-order valence-electron chi connectivity index (χ3n) is 6.06. The molecule has 1 amide bonds. The van der Waals surface area contributed by atoms with Crippen molar-refractivity contribution in [2.75, 3.05) is 45.9 Å². The summed E-state index contributed by atoms with van der Waals surface area (Å²) in [5.41, 5.74) is 3.48. The lowest BCUT2D eigenvalue weighted by molar-refractivity contribution is -0.122. The van der Waals surface area contributed by atoms with Gasteiger partial charge in [-0.25, -0.2) is 0 Å². The largest absolute Gasteiger partial charge is 0.367 e. The van der Waals surface area contributed by atoms with Gasteiger partial charge < -0.3 is 10.1 Å². The van der Waals surface area contributed by atoms with Crippen LogP contribution in [-0.4, -0.2) is 61.6 Å². The number of benzene rings is 3. The van der Waals surface area contributed by atoms with Crippen LogP contribution >= 0.6 is 0 Å². The number of nitrogens with zero attached hydrogens (tertiary/aromatic N) is 2. The number of piperazine rings is 1. The molecule has 5 nitrogen and oxygen atoms in total. The van der Waals surface area contributed by atoms with Crippen LogP contribution in [0.5, 0.6) is 0 Å². The fraction of sp³-hybridized carbons (Fsp3) is 0.321. The van der Waals surface area contributed by atoms with E-state index in [-0.39, 0.29) is 12.0 Å². The zero-order chi connectivity index (χ0) is 22.7. The summed E-state index contributed by atoms with van der Waals surface area (Å²) < 4.78 is 6.36. The van der Waals surface area contributed by atoms with Crippen LogP contribution in [0, 0.1) is 0 Å². The topological polar surface area (TPSA) is 44.8 Å². The first kappa shape index (κ1) is 23.2. The van der Waals surface area contributed by atoms with E-state index in [2.05, 4.69) is 63.6 Å². The van der Waals surface area contributed by atoms with Crippen LogP contribution in [0.2, 0.25) is 0 Å². The van der Waals surface area contributed by atoms with E-state index in [4.69, 9.17) is 4.74 Å². The second kappa shape index (κ2) is 12.3. The van der Waals surface area contributed by atoms with Crippen molar-refractivity contribution < 1.29 is 9.53 Å². The number of nitrogens with one attached hydrogen (secondary N) is 1. The van der Waals surface area contributed by atoms with E-state index in [0.29, 0.717) is 19.7 Å².